The monoisotopic (exact) mass is 297 g/mol. The molecule has 7 heteroatoms. The van der Waals surface area contributed by atoms with E-state index < -0.39 is 12.0 Å². The van der Waals surface area contributed by atoms with Crippen LogP contribution in [-0.4, -0.2) is 54.5 Å². The quantitative estimate of drug-likeness (QED) is 0.677. The van der Waals surface area contributed by atoms with Crippen LogP contribution < -0.4 is 11.1 Å². The molecule has 1 unspecified atom stereocenters. The van der Waals surface area contributed by atoms with Crippen molar-refractivity contribution in [1.82, 2.24) is 10.2 Å². The van der Waals surface area contributed by atoms with Gasteiger partial charge in [-0.1, -0.05) is 0 Å². The summed E-state index contributed by atoms with van der Waals surface area (Å²) in [6.45, 7) is 2.88. The van der Waals surface area contributed by atoms with E-state index in [0.717, 1.165) is 12.8 Å². The number of hydrogen-bond donors (Lipinski definition) is 2. The van der Waals surface area contributed by atoms with Crippen molar-refractivity contribution in [2.45, 2.75) is 44.2 Å². The third kappa shape index (κ3) is 3.34. The van der Waals surface area contributed by atoms with Gasteiger partial charge in [-0.3, -0.25) is 14.4 Å². The molecule has 2 fully saturated rings. The number of esters is 1. The number of nitrogens with zero attached hydrogens (tertiary/aromatic N) is 1. The molecule has 7 nitrogen and oxygen atoms in total. The lowest BCUT2D eigenvalue weighted by molar-refractivity contribution is -0.142. The van der Waals surface area contributed by atoms with Crippen LogP contribution >= 0.6 is 0 Å². The zero-order valence-corrected chi connectivity index (χ0v) is 12.6. The van der Waals surface area contributed by atoms with Gasteiger partial charge in [0.2, 0.25) is 11.8 Å². The fraction of sp³-hybridized carbons (Fsp3) is 0.786. The Hall–Kier alpha value is -1.63. The van der Waals surface area contributed by atoms with E-state index in [9.17, 15) is 14.4 Å². The van der Waals surface area contributed by atoms with E-state index in [1.54, 1.807) is 11.8 Å². The van der Waals surface area contributed by atoms with E-state index in [1.165, 1.54) is 7.11 Å². The van der Waals surface area contributed by atoms with E-state index in [-0.39, 0.29) is 23.3 Å². The SMILES string of the molecule is COC(=O)C(N)C[C@@H]1CC2(CCN(C(C)=O)CC2)NC1=O. The highest BCUT2D eigenvalue weighted by molar-refractivity contribution is 5.84. The second kappa shape index (κ2) is 6.01. The van der Waals surface area contributed by atoms with Crippen molar-refractivity contribution >= 4 is 17.8 Å². The molecule has 118 valence electrons. The lowest BCUT2D eigenvalue weighted by Gasteiger charge is -2.39. The van der Waals surface area contributed by atoms with E-state index >= 15 is 0 Å². The fourth-order valence-corrected chi connectivity index (χ4v) is 3.30. The van der Waals surface area contributed by atoms with Crippen molar-refractivity contribution in [3.63, 3.8) is 0 Å². The van der Waals surface area contributed by atoms with Crippen molar-refractivity contribution in [3.05, 3.63) is 0 Å². The smallest absolute Gasteiger partial charge is 0.322 e. The molecule has 0 bridgehead atoms. The lowest BCUT2D eigenvalue weighted by atomic mass is 9.82. The summed E-state index contributed by atoms with van der Waals surface area (Å²) < 4.78 is 4.60. The highest BCUT2D eigenvalue weighted by atomic mass is 16.5. The summed E-state index contributed by atoms with van der Waals surface area (Å²) in [6, 6.07) is -0.766. The average Bonchev–Trinajstić information content (AvgIpc) is 2.74. The number of amides is 2. The number of methoxy groups -OCH3 is 1. The predicted molar refractivity (Wildman–Crippen MR) is 75.1 cm³/mol. The van der Waals surface area contributed by atoms with Gasteiger partial charge in [0.05, 0.1) is 7.11 Å². The lowest BCUT2D eigenvalue weighted by Crippen LogP contribution is -2.51. The summed E-state index contributed by atoms with van der Waals surface area (Å²) in [7, 11) is 1.29. The number of likely N-dealkylation sites (tertiary alicyclic amines) is 1. The van der Waals surface area contributed by atoms with Crippen molar-refractivity contribution in [1.29, 1.82) is 0 Å². The molecule has 2 saturated heterocycles. The van der Waals surface area contributed by atoms with Crippen molar-refractivity contribution in [2.75, 3.05) is 20.2 Å². The molecule has 0 aromatic carbocycles. The molecular weight excluding hydrogens is 274 g/mol. The fourth-order valence-electron chi connectivity index (χ4n) is 3.30. The van der Waals surface area contributed by atoms with Crippen LogP contribution in [0.2, 0.25) is 0 Å². The van der Waals surface area contributed by atoms with Crippen LogP contribution in [0.4, 0.5) is 0 Å². The van der Waals surface area contributed by atoms with Gasteiger partial charge in [0.1, 0.15) is 6.04 Å². The maximum atomic E-state index is 12.1. The van der Waals surface area contributed by atoms with Crippen LogP contribution in [0.25, 0.3) is 0 Å². The zero-order valence-electron chi connectivity index (χ0n) is 12.6. The molecule has 0 radical (unpaired) electrons. The Labute approximate surface area is 124 Å². The summed E-state index contributed by atoms with van der Waals surface area (Å²) in [5.74, 6) is -0.734. The Kier molecular flexibility index (Phi) is 4.51. The van der Waals surface area contributed by atoms with Crippen molar-refractivity contribution < 1.29 is 19.1 Å². The normalized spacial score (nSPS) is 25.6. The molecule has 3 N–H and O–H groups in total. The van der Waals surface area contributed by atoms with Gasteiger partial charge in [0, 0.05) is 31.5 Å². The van der Waals surface area contributed by atoms with Gasteiger partial charge in [-0.15, -0.1) is 0 Å². The van der Waals surface area contributed by atoms with Crippen LogP contribution in [0, 0.1) is 5.92 Å². The number of carbonyl (C=O) groups excluding carboxylic acids is 3. The highest BCUT2D eigenvalue weighted by Gasteiger charge is 2.46. The molecule has 21 heavy (non-hydrogen) atoms. The number of nitrogens with two attached hydrogens (primary N) is 1. The van der Waals surface area contributed by atoms with Crippen LogP contribution in [0.5, 0.6) is 0 Å². The first-order chi connectivity index (χ1) is 9.87. The minimum atomic E-state index is -0.766. The minimum absolute atomic E-state index is 0.0503. The van der Waals surface area contributed by atoms with Gasteiger partial charge < -0.3 is 20.7 Å². The Morgan fingerprint density at radius 1 is 1.48 bits per heavy atom. The number of carbonyl (C=O) groups is 3. The number of rotatable bonds is 3. The Balaban J connectivity index is 1.94. The number of piperidine rings is 1. The molecule has 0 aromatic rings. The maximum absolute atomic E-state index is 12.1. The molecule has 2 atom stereocenters. The van der Waals surface area contributed by atoms with Gasteiger partial charge in [0.15, 0.2) is 0 Å². The largest absolute Gasteiger partial charge is 0.468 e. The average molecular weight is 297 g/mol. The summed E-state index contributed by atoms with van der Waals surface area (Å²) in [5, 5.41) is 3.06. The molecule has 2 heterocycles. The van der Waals surface area contributed by atoms with Crippen LogP contribution in [0.15, 0.2) is 0 Å². The van der Waals surface area contributed by atoms with Gasteiger partial charge >= 0.3 is 5.97 Å². The van der Waals surface area contributed by atoms with Crippen LogP contribution in [0.3, 0.4) is 0 Å². The summed E-state index contributed by atoms with van der Waals surface area (Å²) >= 11 is 0. The van der Waals surface area contributed by atoms with Crippen molar-refractivity contribution in [3.8, 4) is 0 Å². The van der Waals surface area contributed by atoms with Crippen molar-refractivity contribution in [2.24, 2.45) is 11.7 Å². The maximum Gasteiger partial charge on any atom is 0.322 e. The molecule has 0 saturated carbocycles. The topological polar surface area (TPSA) is 102 Å². The standard InChI is InChI=1S/C14H23N3O4/c1-9(18)17-5-3-14(4-6-17)8-10(12(19)16-14)7-11(15)13(20)21-2/h10-11H,3-8,15H2,1-2H3,(H,16,19)/t10-,11?/m1/s1. The first kappa shape index (κ1) is 15.8. The number of ether oxygens (including phenoxy) is 1. The Bertz CT molecular complexity index is 444. The molecule has 2 amide bonds. The van der Waals surface area contributed by atoms with E-state index in [4.69, 9.17) is 5.73 Å². The predicted octanol–water partition coefficient (Wildman–Crippen LogP) is -0.606. The highest BCUT2D eigenvalue weighted by Crippen LogP contribution is 2.36. The van der Waals surface area contributed by atoms with Crippen LogP contribution in [-0.2, 0) is 19.1 Å². The van der Waals surface area contributed by atoms with Gasteiger partial charge in [-0.2, -0.15) is 0 Å². The van der Waals surface area contributed by atoms with Gasteiger partial charge in [-0.05, 0) is 25.7 Å². The van der Waals surface area contributed by atoms with Gasteiger partial charge in [0.25, 0.3) is 0 Å². The zero-order chi connectivity index (χ0) is 15.6. The first-order valence-electron chi connectivity index (χ1n) is 7.28. The third-order valence-electron chi connectivity index (χ3n) is 4.60. The molecule has 0 aromatic heterocycles. The molecular formula is C14H23N3O4. The molecule has 2 rings (SSSR count). The minimum Gasteiger partial charge on any atom is -0.468 e. The summed E-state index contributed by atoms with van der Waals surface area (Å²) in [6.07, 6.45) is 2.48. The first-order valence-corrected chi connectivity index (χ1v) is 7.28. The van der Waals surface area contributed by atoms with E-state index in [1.807, 2.05) is 0 Å². The Morgan fingerprint density at radius 2 is 2.10 bits per heavy atom. The third-order valence-corrected chi connectivity index (χ3v) is 4.60. The second-order valence-electron chi connectivity index (χ2n) is 6.04. The molecule has 2 aliphatic heterocycles. The number of hydrogen-bond acceptors (Lipinski definition) is 5. The van der Waals surface area contributed by atoms with E-state index in [2.05, 4.69) is 10.1 Å². The summed E-state index contributed by atoms with van der Waals surface area (Å²) in [4.78, 5) is 36.6. The van der Waals surface area contributed by atoms with Crippen LogP contribution in [0.1, 0.15) is 32.6 Å². The van der Waals surface area contributed by atoms with Gasteiger partial charge in [-0.25, -0.2) is 0 Å². The molecule has 0 aliphatic carbocycles. The molecule has 1 spiro atoms. The van der Waals surface area contributed by atoms with E-state index in [0.29, 0.717) is 25.9 Å². The summed E-state index contributed by atoms with van der Waals surface area (Å²) in [5.41, 5.74) is 5.50. The number of nitrogens with one attached hydrogen (secondary N) is 1. The molecule has 2 aliphatic rings. The Morgan fingerprint density at radius 3 is 2.62 bits per heavy atom. The second-order valence-corrected chi connectivity index (χ2v) is 6.04.